The normalized spacial score (nSPS) is 17.3. The zero-order valence-corrected chi connectivity index (χ0v) is 36.3. The quantitative estimate of drug-likeness (QED) is 0.0996. The Hall–Kier alpha value is -6.33. The fraction of sp³-hybridized carbons (Fsp3) is 0.444. The van der Waals surface area contributed by atoms with E-state index in [1.165, 1.54) is 32.9 Å². The van der Waals surface area contributed by atoms with Crippen LogP contribution in [-0.4, -0.2) is 140 Å². The number of carbonyl (C=O) groups excluding carboxylic acids is 7. The summed E-state index contributed by atoms with van der Waals surface area (Å²) in [5.41, 5.74) is 8.01. The lowest BCUT2D eigenvalue weighted by atomic mass is 9.85. The number of carbonyl (C=O) groups is 7. The summed E-state index contributed by atoms with van der Waals surface area (Å²) in [7, 11) is 3.26. The second kappa shape index (κ2) is 21.0. The van der Waals surface area contributed by atoms with Crippen LogP contribution in [0.2, 0.25) is 0 Å². The number of anilines is 1. The van der Waals surface area contributed by atoms with Crippen molar-refractivity contribution in [1.82, 2.24) is 46.6 Å². The molecule has 2 aliphatic rings. The molecule has 0 spiro atoms. The number of hydrogen-bond acceptors (Lipinski definition) is 10. The maximum atomic E-state index is 14.0. The van der Waals surface area contributed by atoms with Crippen LogP contribution in [0.15, 0.2) is 78.9 Å². The van der Waals surface area contributed by atoms with Crippen molar-refractivity contribution in [2.75, 3.05) is 65.8 Å². The van der Waals surface area contributed by atoms with Gasteiger partial charge >= 0.3 is 0 Å². The summed E-state index contributed by atoms with van der Waals surface area (Å²) >= 11 is 0. The summed E-state index contributed by atoms with van der Waals surface area (Å²) in [6.07, 6.45) is 0.0855. The first-order chi connectivity index (χ1) is 29.5. The van der Waals surface area contributed by atoms with Crippen molar-refractivity contribution < 1.29 is 33.6 Å². The molecule has 62 heavy (non-hydrogen) atoms. The van der Waals surface area contributed by atoms with Gasteiger partial charge in [0, 0.05) is 55.0 Å². The molecule has 4 unspecified atom stereocenters. The van der Waals surface area contributed by atoms with E-state index < -0.39 is 53.2 Å². The van der Waals surface area contributed by atoms with Gasteiger partial charge in [-0.2, -0.15) is 0 Å². The van der Waals surface area contributed by atoms with Gasteiger partial charge in [-0.15, -0.1) is 0 Å². The molecular formula is C45H60N10O7. The van der Waals surface area contributed by atoms with Crippen molar-refractivity contribution in [2.45, 2.75) is 64.2 Å². The molecule has 4 atom stereocenters. The van der Waals surface area contributed by atoms with Crippen LogP contribution >= 0.6 is 0 Å². The SMILES string of the molecule is CNCC(=O)NC(C(=O)N1CCN(C(=O)c2cc(N)cc(C(=O)NC3CC(C(=O)NCC(c4ccccc4)c4ccccc4)N(C(=O)CNC(=O)C(C)NC)C3)c2)C1)C(C)(C)C. The molecule has 17 nitrogen and oxygen atoms in total. The van der Waals surface area contributed by atoms with Gasteiger partial charge in [-0.3, -0.25) is 33.6 Å². The Morgan fingerprint density at radius 3 is 2.02 bits per heavy atom. The van der Waals surface area contributed by atoms with Crippen molar-refractivity contribution in [1.29, 1.82) is 0 Å². The number of hydrogen-bond donors (Lipinski definition) is 7. The molecule has 2 fully saturated rings. The lowest BCUT2D eigenvalue weighted by Gasteiger charge is -2.33. The molecule has 5 rings (SSSR count). The van der Waals surface area contributed by atoms with E-state index in [2.05, 4.69) is 31.9 Å². The number of nitrogen functional groups attached to an aromatic ring is 1. The lowest BCUT2D eigenvalue weighted by molar-refractivity contribution is -0.138. The lowest BCUT2D eigenvalue weighted by Crippen LogP contribution is -2.55. The Labute approximate surface area is 362 Å². The minimum Gasteiger partial charge on any atom is -0.399 e. The molecule has 0 aliphatic carbocycles. The Morgan fingerprint density at radius 1 is 0.806 bits per heavy atom. The predicted octanol–water partition coefficient (Wildman–Crippen LogP) is 0.633. The van der Waals surface area contributed by atoms with Gasteiger partial charge in [-0.1, -0.05) is 81.4 Å². The summed E-state index contributed by atoms with van der Waals surface area (Å²) in [5.74, 6) is -3.12. The largest absolute Gasteiger partial charge is 0.399 e. The number of likely N-dealkylation sites (N-methyl/N-ethyl adjacent to an activating group) is 2. The summed E-state index contributed by atoms with van der Waals surface area (Å²) < 4.78 is 0. The van der Waals surface area contributed by atoms with Crippen LogP contribution in [0.3, 0.4) is 0 Å². The number of benzene rings is 3. The average molecular weight is 853 g/mol. The third-order valence-corrected chi connectivity index (χ3v) is 11.2. The van der Waals surface area contributed by atoms with Crippen molar-refractivity contribution in [3.63, 3.8) is 0 Å². The molecule has 7 amide bonds. The maximum Gasteiger partial charge on any atom is 0.255 e. The first-order valence-electron chi connectivity index (χ1n) is 20.9. The number of nitrogens with zero attached hydrogens (tertiary/aromatic N) is 3. The molecule has 17 heteroatoms. The smallest absolute Gasteiger partial charge is 0.255 e. The maximum absolute atomic E-state index is 14.0. The van der Waals surface area contributed by atoms with Gasteiger partial charge in [0.15, 0.2) is 0 Å². The summed E-state index contributed by atoms with van der Waals surface area (Å²) in [6.45, 7) is 7.58. The van der Waals surface area contributed by atoms with Crippen LogP contribution in [0.4, 0.5) is 5.69 Å². The molecule has 3 aromatic carbocycles. The van der Waals surface area contributed by atoms with Crippen molar-refractivity contribution in [3.05, 3.63) is 101 Å². The van der Waals surface area contributed by atoms with Crippen LogP contribution in [0.5, 0.6) is 0 Å². The molecule has 0 aromatic heterocycles. The first-order valence-corrected chi connectivity index (χ1v) is 20.9. The van der Waals surface area contributed by atoms with Crippen LogP contribution in [0, 0.1) is 5.41 Å². The molecule has 3 aromatic rings. The molecule has 2 heterocycles. The summed E-state index contributed by atoms with van der Waals surface area (Å²) in [4.78, 5) is 98.3. The van der Waals surface area contributed by atoms with Gasteiger partial charge in [-0.05, 0) is 62.2 Å². The van der Waals surface area contributed by atoms with Gasteiger partial charge < -0.3 is 52.3 Å². The summed E-state index contributed by atoms with van der Waals surface area (Å²) in [6, 6.07) is 20.8. The Bertz CT molecular complexity index is 2060. The molecule has 2 saturated heterocycles. The first kappa shape index (κ1) is 46.7. The predicted molar refractivity (Wildman–Crippen MR) is 234 cm³/mol. The molecule has 0 radical (unpaired) electrons. The van der Waals surface area contributed by atoms with E-state index in [-0.39, 0.29) is 92.8 Å². The Balaban J connectivity index is 1.29. The van der Waals surface area contributed by atoms with Crippen molar-refractivity contribution in [2.24, 2.45) is 5.41 Å². The van der Waals surface area contributed by atoms with E-state index in [1.54, 1.807) is 21.0 Å². The third kappa shape index (κ3) is 11.9. The average Bonchev–Trinajstić information content (AvgIpc) is 3.93. The standard InChI is InChI=1S/C45H60N10O7/c1-28(48-6)40(58)50-25-38(57)55-26-34(22-36(55)42(60)49-23-35(29-13-9-7-10-14-29)30-15-11-8-12-16-30)51-41(59)31-19-32(21-33(46)20-31)43(61)53-17-18-54(27-53)44(62)39(45(2,3)4)52-37(56)24-47-5/h7-16,19-21,28,34-36,39,47-48H,17-18,22-27,46H2,1-6H3,(H,49,60)(H,50,58)(H,51,59)(H,52,56). The molecule has 0 saturated carbocycles. The number of nitrogens with two attached hydrogens (primary N) is 1. The number of rotatable bonds is 16. The molecule has 2 aliphatic heterocycles. The van der Waals surface area contributed by atoms with Gasteiger partial charge in [0.1, 0.15) is 12.1 Å². The zero-order valence-electron chi connectivity index (χ0n) is 36.3. The van der Waals surface area contributed by atoms with Crippen LogP contribution in [0.25, 0.3) is 0 Å². The van der Waals surface area contributed by atoms with Gasteiger partial charge in [0.2, 0.25) is 29.5 Å². The monoisotopic (exact) mass is 852 g/mol. The highest BCUT2D eigenvalue weighted by Crippen LogP contribution is 2.26. The van der Waals surface area contributed by atoms with Gasteiger partial charge in [-0.25, -0.2) is 0 Å². The Morgan fingerprint density at radius 2 is 1.42 bits per heavy atom. The third-order valence-electron chi connectivity index (χ3n) is 11.2. The molecule has 8 N–H and O–H groups in total. The second-order valence-electron chi connectivity index (χ2n) is 16.9. The topological polar surface area (TPSA) is 227 Å². The van der Waals surface area contributed by atoms with Crippen molar-refractivity contribution in [3.8, 4) is 0 Å². The van der Waals surface area contributed by atoms with E-state index in [4.69, 9.17) is 5.73 Å². The fourth-order valence-corrected chi connectivity index (χ4v) is 7.63. The van der Waals surface area contributed by atoms with E-state index >= 15 is 0 Å². The zero-order chi connectivity index (χ0) is 45.1. The van der Waals surface area contributed by atoms with E-state index in [9.17, 15) is 33.6 Å². The van der Waals surface area contributed by atoms with Crippen LogP contribution in [-0.2, 0) is 24.0 Å². The second-order valence-corrected chi connectivity index (χ2v) is 16.9. The summed E-state index contributed by atoms with van der Waals surface area (Å²) in [5, 5.41) is 17.0. The molecular weight excluding hydrogens is 793 g/mol. The molecule has 0 bridgehead atoms. The van der Waals surface area contributed by atoms with E-state index in [0.717, 1.165) is 11.1 Å². The highest BCUT2D eigenvalue weighted by atomic mass is 16.2. The number of nitrogens with one attached hydrogen (secondary N) is 6. The minimum atomic E-state index is -0.966. The van der Waals surface area contributed by atoms with Gasteiger partial charge in [0.05, 0.1) is 25.8 Å². The number of likely N-dealkylation sites (tertiary alicyclic amines) is 1. The molecule has 332 valence electrons. The van der Waals surface area contributed by atoms with Crippen LogP contribution < -0.4 is 37.6 Å². The van der Waals surface area contributed by atoms with Crippen LogP contribution in [0.1, 0.15) is 71.9 Å². The highest BCUT2D eigenvalue weighted by Gasteiger charge is 2.41. The van der Waals surface area contributed by atoms with E-state index in [1.807, 2.05) is 81.4 Å². The van der Waals surface area contributed by atoms with Gasteiger partial charge in [0.25, 0.3) is 11.8 Å². The van der Waals surface area contributed by atoms with E-state index in [0.29, 0.717) is 0 Å². The van der Waals surface area contributed by atoms with Crippen molar-refractivity contribution >= 4 is 47.0 Å². The highest BCUT2D eigenvalue weighted by molar-refractivity contribution is 6.01. The number of amides is 7. The minimum absolute atomic E-state index is 0.0162. The Kier molecular flexibility index (Phi) is 15.8. The fourth-order valence-electron chi connectivity index (χ4n) is 7.63.